The van der Waals surface area contributed by atoms with Crippen molar-refractivity contribution in [2.24, 2.45) is 0 Å². The number of nitrogens with zero attached hydrogens (tertiary/aromatic N) is 2. The molecule has 1 unspecified atom stereocenters. The Morgan fingerprint density at radius 3 is 2.67 bits per heavy atom. The maximum atomic E-state index is 9.04. The van der Waals surface area contributed by atoms with Crippen molar-refractivity contribution in [3.8, 4) is 6.07 Å². The minimum absolute atomic E-state index is 0.0277. The third-order valence-corrected chi connectivity index (χ3v) is 2.70. The van der Waals surface area contributed by atoms with Crippen LogP contribution in [0, 0.1) is 25.2 Å². The SMILES string of the molecule is Cc1ccc(C#N)c(NC(C)c2ccc(C)o2)n1. The average molecular weight is 241 g/mol. The van der Waals surface area contributed by atoms with Gasteiger partial charge in [-0.15, -0.1) is 0 Å². The molecule has 4 heteroatoms. The van der Waals surface area contributed by atoms with Crippen molar-refractivity contribution in [1.29, 1.82) is 5.26 Å². The molecule has 0 saturated heterocycles. The van der Waals surface area contributed by atoms with E-state index in [1.54, 1.807) is 6.07 Å². The molecule has 2 rings (SSSR count). The summed E-state index contributed by atoms with van der Waals surface area (Å²) in [4.78, 5) is 4.34. The van der Waals surface area contributed by atoms with Crippen LogP contribution in [-0.4, -0.2) is 4.98 Å². The predicted octanol–water partition coefficient (Wildman–Crippen LogP) is 3.34. The molecule has 92 valence electrons. The lowest BCUT2D eigenvalue weighted by atomic mass is 10.2. The van der Waals surface area contributed by atoms with Crippen LogP contribution in [0.1, 0.15) is 35.7 Å². The number of rotatable bonds is 3. The molecule has 1 atom stereocenters. The van der Waals surface area contributed by atoms with Crippen LogP contribution >= 0.6 is 0 Å². The molecule has 0 aliphatic rings. The summed E-state index contributed by atoms with van der Waals surface area (Å²) < 4.78 is 5.55. The van der Waals surface area contributed by atoms with Gasteiger partial charge in [-0.05, 0) is 45.0 Å². The van der Waals surface area contributed by atoms with E-state index in [1.807, 2.05) is 39.0 Å². The summed E-state index contributed by atoms with van der Waals surface area (Å²) >= 11 is 0. The van der Waals surface area contributed by atoms with Gasteiger partial charge < -0.3 is 9.73 Å². The van der Waals surface area contributed by atoms with Gasteiger partial charge in [0.25, 0.3) is 0 Å². The molecule has 0 bridgehead atoms. The highest BCUT2D eigenvalue weighted by Gasteiger charge is 2.12. The van der Waals surface area contributed by atoms with E-state index < -0.39 is 0 Å². The molecule has 18 heavy (non-hydrogen) atoms. The van der Waals surface area contributed by atoms with Crippen LogP contribution in [0.4, 0.5) is 5.82 Å². The first-order valence-electron chi connectivity index (χ1n) is 5.81. The van der Waals surface area contributed by atoms with Crippen molar-refractivity contribution in [3.63, 3.8) is 0 Å². The quantitative estimate of drug-likeness (QED) is 0.895. The van der Waals surface area contributed by atoms with Crippen molar-refractivity contribution >= 4 is 5.82 Å². The molecular formula is C14H15N3O. The molecule has 0 saturated carbocycles. The van der Waals surface area contributed by atoms with Crippen LogP contribution in [0.5, 0.6) is 0 Å². The highest BCUT2D eigenvalue weighted by atomic mass is 16.3. The highest BCUT2D eigenvalue weighted by Crippen LogP contribution is 2.22. The number of furan rings is 1. The number of anilines is 1. The van der Waals surface area contributed by atoms with Crippen molar-refractivity contribution in [2.45, 2.75) is 26.8 Å². The van der Waals surface area contributed by atoms with Crippen molar-refractivity contribution in [3.05, 3.63) is 47.0 Å². The normalized spacial score (nSPS) is 11.9. The van der Waals surface area contributed by atoms with Crippen LogP contribution in [0.3, 0.4) is 0 Å². The molecule has 2 aromatic rings. The Kier molecular flexibility index (Phi) is 3.33. The summed E-state index contributed by atoms with van der Waals surface area (Å²) in [6.45, 7) is 5.78. The maximum Gasteiger partial charge on any atom is 0.144 e. The lowest BCUT2D eigenvalue weighted by molar-refractivity contribution is 0.466. The zero-order chi connectivity index (χ0) is 13.1. The van der Waals surface area contributed by atoms with Gasteiger partial charge in [-0.1, -0.05) is 0 Å². The Bertz CT molecular complexity index is 595. The second-order valence-corrected chi connectivity index (χ2v) is 4.28. The van der Waals surface area contributed by atoms with E-state index in [9.17, 15) is 0 Å². The number of nitriles is 1. The van der Waals surface area contributed by atoms with Crippen LogP contribution in [0.2, 0.25) is 0 Å². The fourth-order valence-electron chi connectivity index (χ4n) is 1.72. The van der Waals surface area contributed by atoms with Gasteiger partial charge in [0.05, 0.1) is 11.6 Å². The molecule has 2 heterocycles. The first-order valence-corrected chi connectivity index (χ1v) is 5.81. The first-order chi connectivity index (χ1) is 8.60. The maximum absolute atomic E-state index is 9.04. The van der Waals surface area contributed by atoms with E-state index >= 15 is 0 Å². The number of aromatic nitrogens is 1. The number of aryl methyl sites for hydroxylation is 2. The van der Waals surface area contributed by atoms with Crippen molar-refractivity contribution < 1.29 is 4.42 Å². The molecule has 0 radical (unpaired) electrons. The van der Waals surface area contributed by atoms with Crippen molar-refractivity contribution in [2.75, 3.05) is 5.32 Å². The fraction of sp³-hybridized carbons (Fsp3) is 0.286. The van der Waals surface area contributed by atoms with E-state index in [-0.39, 0.29) is 6.04 Å². The smallest absolute Gasteiger partial charge is 0.144 e. The van der Waals surface area contributed by atoms with Crippen LogP contribution < -0.4 is 5.32 Å². The average Bonchev–Trinajstić information content (AvgIpc) is 2.76. The fourth-order valence-corrected chi connectivity index (χ4v) is 1.72. The van der Waals surface area contributed by atoms with Gasteiger partial charge >= 0.3 is 0 Å². The van der Waals surface area contributed by atoms with E-state index in [2.05, 4.69) is 16.4 Å². The second kappa shape index (κ2) is 4.92. The molecular weight excluding hydrogens is 226 g/mol. The lowest BCUT2D eigenvalue weighted by Gasteiger charge is -2.13. The largest absolute Gasteiger partial charge is 0.464 e. The molecule has 2 aromatic heterocycles. The summed E-state index contributed by atoms with van der Waals surface area (Å²) in [6.07, 6.45) is 0. The van der Waals surface area contributed by atoms with Crippen molar-refractivity contribution in [1.82, 2.24) is 4.98 Å². The van der Waals surface area contributed by atoms with E-state index in [0.29, 0.717) is 11.4 Å². The predicted molar refractivity (Wildman–Crippen MR) is 69.2 cm³/mol. The topological polar surface area (TPSA) is 61.9 Å². The van der Waals surface area contributed by atoms with Gasteiger partial charge in [-0.3, -0.25) is 0 Å². The summed E-state index contributed by atoms with van der Waals surface area (Å²) in [6, 6.07) is 9.54. The van der Waals surface area contributed by atoms with Crippen LogP contribution in [0.25, 0.3) is 0 Å². The van der Waals surface area contributed by atoms with Gasteiger partial charge in [0, 0.05) is 5.69 Å². The Morgan fingerprint density at radius 2 is 2.06 bits per heavy atom. The highest BCUT2D eigenvalue weighted by molar-refractivity contribution is 5.53. The van der Waals surface area contributed by atoms with Gasteiger partial charge in [0.2, 0.25) is 0 Å². The zero-order valence-electron chi connectivity index (χ0n) is 10.7. The summed E-state index contributed by atoms with van der Waals surface area (Å²) in [7, 11) is 0. The third-order valence-electron chi connectivity index (χ3n) is 2.70. The van der Waals surface area contributed by atoms with Gasteiger partial charge in [0.15, 0.2) is 0 Å². The molecule has 1 N–H and O–H groups in total. The standard InChI is InChI=1S/C14H15N3O/c1-9-4-6-12(8-15)14(16-9)17-11(3)13-7-5-10(2)18-13/h4-7,11H,1-3H3,(H,16,17). The Morgan fingerprint density at radius 1 is 1.28 bits per heavy atom. The second-order valence-electron chi connectivity index (χ2n) is 4.28. The molecule has 0 aliphatic carbocycles. The zero-order valence-corrected chi connectivity index (χ0v) is 10.7. The number of pyridine rings is 1. The van der Waals surface area contributed by atoms with Gasteiger partial charge in [0.1, 0.15) is 23.4 Å². The van der Waals surface area contributed by atoms with Crippen LogP contribution in [-0.2, 0) is 0 Å². The van der Waals surface area contributed by atoms with E-state index in [1.165, 1.54) is 0 Å². The molecule has 0 aromatic carbocycles. The van der Waals surface area contributed by atoms with E-state index in [0.717, 1.165) is 17.2 Å². The Balaban J connectivity index is 2.24. The number of hydrogen-bond acceptors (Lipinski definition) is 4. The Hall–Kier alpha value is -2.28. The number of nitrogens with one attached hydrogen (secondary N) is 1. The summed E-state index contributed by atoms with van der Waals surface area (Å²) in [5.41, 5.74) is 1.41. The lowest BCUT2D eigenvalue weighted by Crippen LogP contribution is -2.09. The monoisotopic (exact) mass is 241 g/mol. The first kappa shape index (κ1) is 12.2. The number of hydrogen-bond donors (Lipinski definition) is 1. The van der Waals surface area contributed by atoms with Gasteiger partial charge in [-0.2, -0.15) is 5.26 Å². The minimum atomic E-state index is -0.0277. The summed E-state index contributed by atoms with van der Waals surface area (Å²) in [5.74, 6) is 2.30. The van der Waals surface area contributed by atoms with Crippen LogP contribution in [0.15, 0.2) is 28.7 Å². The Labute approximate surface area is 106 Å². The van der Waals surface area contributed by atoms with E-state index in [4.69, 9.17) is 9.68 Å². The minimum Gasteiger partial charge on any atom is -0.464 e. The van der Waals surface area contributed by atoms with Gasteiger partial charge in [-0.25, -0.2) is 4.98 Å². The third kappa shape index (κ3) is 2.51. The molecule has 0 aliphatic heterocycles. The molecule has 0 amide bonds. The molecule has 0 spiro atoms. The molecule has 4 nitrogen and oxygen atoms in total. The molecule has 0 fully saturated rings. The summed E-state index contributed by atoms with van der Waals surface area (Å²) in [5, 5.41) is 12.2.